The Labute approximate surface area is 300 Å². The molecule has 9 nitrogen and oxygen atoms in total. The van der Waals surface area contributed by atoms with E-state index in [1.54, 1.807) is 21.1 Å². The van der Waals surface area contributed by atoms with Gasteiger partial charge in [0.05, 0.1) is 18.8 Å². The van der Waals surface area contributed by atoms with Gasteiger partial charge in [0, 0.05) is 32.3 Å². The molecule has 0 unspecified atom stereocenters. The van der Waals surface area contributed by atoms with E-state index in [2.05, 4.69) is 41.9 Å². The number of allylic oxidation sites excluding steroid dienone is 11. The summed E-state index contributed by atoms with van der Waals surface area (Å²) in [6.07, 6.45) is 28.4. The summed E-state index contributed by atoms with van der Waals surface area (Å²) in [5.41, 5.74) is 4.42. The minimum atomic E-state index is -1.02. The molecule has 1 aliphatic rings. The van der Waals surface area contributed by atoms with Gasteiger partial charge in [-0.1, -0.05) is 110 Å². The van der Waals surface area contributed by atoms with Gasteiger partial charge in [-0.2, -0.15) is 0 Å². The van der Waals surface area contributed by atoms with Crippen LogP contribution in [-0.4, -0.2) is 75.1 Å². The molecule has 1 rings (SSSR count). The Hall–Kier alpha value is -4.05. The Kier molecular flexibility index (Phi) is 22.0. The molecular weight excluding hydrogens is 632 g/mol. The van der Waals surface area contributed by atoms with Gasteiger partial charge in [0.2, 0.25) is 12.3 Å². The van der Waals surface area contributed by atoms with Gasteiger partial charge < -0.3 is 30.0 Å². The number of aliphatic hydroxyl groups is 1. The van der Waals surface area contributed by atoms with E-state index in [4.69, 9.17) is 14.2 Å². The van der Waals surface area contributed by atoms with Crippen molar-refractivity contribution >= 4 is 18.3 Å². The molecule has 6 atom stereocenters. The molecule has 0 saturated carbocycles. The standard InChI is InChI=1S/C41H60N2O7/c1-29-14-12-18-36(48-8)17-11-10-16-33(5)39(34(6)23-22-32(4)26-42-40(46)38(27-44)43-28-45)50-41(47)35(7)24-30(2)20-21-31(3)25-37(49-9)19-13-15-29/h10-11,13-17,20-25,28,30,33,36-39,44H,12,18-19,26-27H2,1-9H3,(H,42,46)(H,43,45)/b15-13+,16-10+,17-11+,21-20-,29-14-,31-25-,32-22+,34-23+,35-24-/t30-,33+,36-,37+,38+,39+/m1/s1. The second-order valence-corrected chi connectivity index (χ2v) is 12.8. The van der Waals surface area contributed by atoms with E-state index in [0.29, 0.717) is 12.0 Å². The van der Waals surface area contributed by atoms with E-state index in [1.165, 1.54) is 5.57 Å². The van der Waals surface area contributed by atoms with Gasteiger partial charge in [-0.3, -0.25) is 9.59 Å². The van der Waals surface area contributed by atoms with Crippen LogP contribution in [0.25, 0.3) is 0 Å². The first kappa shape index (κ1) is 44.0. The molecule has 0 aliphatic carbocycles. The van der Waals surface area contributed by atoms with Crippen LogP contribution >= 0.6 is 0 Å². The molecule has 1 heterocycles. The van der Waals surface area contributed by atoms with Crippen LogP contribution in [0.15, 0.2) is 107 Å². The lowest BCUT2D eigenvalue weighted by Crippen LogP contribution is -2.46. The first-order chi connectivity index (χ1) is 23.8. The zero-order valence-electron chi connectivity index (χ0n) is 31.5. The molecule has 0 fully saturated rings. The summed E-state index contributed by atoms with van der Waals surface area (Å²) in [6, 6.07) is -1.02. The van der Waals surface area contributed by atoms with Crippen LogP contribution in [0.2, 0.25) is 0 Å². The number of nitrogens with one attached hydrogen (secondary N) is 2. The second-order valence-electron chi connectivity index (χ2n) is 12.8. The van der Waals surface area contributed by atoms with Crippen molar-refractivity contribution in [2.24, 2.45) is 11.8 Å². The predicted octanol–water partition coefficient (Wildman–Crippen LogP) is 6.56. The molecule has 50 heavy (non-hydrogen) atoms. The Morgan fingerprint density at radius 2 is 1.70 bits per heavy atom. The molecular formula is C41H60N2O7. The summed E-state index contributed by atoms with van der Waals surface area (Å²) in [4.78, 5) is 36.3. The van der Waals surface area contributed by atoms with Crippen LogP contribution in [0.3, 0.4) is 0 Å². The fourth-order valence-corrected chi connectivity index (χ4v) is 5.05. The molecule has 0 spiro atoms. The third-order valence-corrected chi connectivity index (χ3v) is 8.17. The smallest absolute Gasteiger partial charge is 0.334 e. The summed E-state index contributed by atoms with van der Waals surface area (Å²) in [5.74, 6) is -1.06. The Morgan fingerprint density at radius 1 is 1.00 bits per heavy atom. The van der Waals surface area contributed by atoms with Crippen molar-refractivity contribution < 1.29 is 33.7 Å². The SMILES string of the molecule is CO[C@@H]1/C=C(C)\C=C/[C@@H](C)/C=C(/C)C(=O)O[C@H](/C(C)=C/C=C(\C)CNC(=O)[C@H](CO)NC=O)[C@@H](C)/C=C/C=C/[C@@H](OC)CC/C=C(C)\C=C\C1. The van der Waals surface area contributed by atoms with Crippen LogP contribution < -0.4 is 10.6 Å². The summed E-state index contributed by atoms with van der Waals surface area (Å²) in [6.45, 7) is 13.4. The van der Waals surface area contributed by atoms with Gasteiger partial charge in [0.15, 0.2) is 0 Å². The van der Waals surface area contributed by atoms with Crippen molar-refractivity contribution in [1.29, 1.82) is 0 Å². The summed E-state index contributed by atoms with van der Waals surface area (Å²) in [5, 5.41) is 14.3. The number of cyclic esters (lactones) is 1. The highest BCUT2D eigenvalue weighted by atomic mass is 16.5. The number of methoxy groups -OCH3 is 2. The number of rotatable bonds is 10. The van der Waals surface area contributed by atoms with Crippen molar-refractivity contribution in [2.45, 2.75) is 92.1 Å². The summed E-state index contributed by atoms with van der Waals surface area (Å²) >= 11 is 0. The highest BCUT2D eigenvalue weighted by Gasteiger charge is 2.22. The average molecular weight is 693 g/mol. The Morgan fingerprint density at radius 3 is 2.36 bits per heavy atom. The maximum Gasteiger partial charge on any atom is 0.334 e. The van der Waals surface area contributed by atoms with Gasteiger partial charge in [-0.05, 0) is 65.4 Å². The van der Waals surface area contributed by atoms with Gasteiger partial charge in [0.25, 0.3) is 0 Å². The average Bonchev–Trinajstić information content (AvgIpc) is 3.09. The third-order valence-electron chi connectivity index (χ3n) is 8.17. The lowest BCUT2D eigenvalue weighted by Gasteiger charge is -2.23. The highest BCUT2D eigenvalue weighted by Crippen LogP contribution is 2.21. The fourth-order valence-electron chi connectivity index (χ4n) is 5.05. The number of amides is 2. The lowest BCUT2D eigenvalue weighted by molar-refractivity contribution is -0.144. The first-order valence-corrected chi connectivity index (χ1v) is 17.3. The van der Waals surface area contributed by atoms with Crippen molar-refractivity contribution in [3.8, 4) is 0 Å². The lowest BCUT2D eigenvalue weighted by atomic mass is 9.96. The van der Waals surface area contributed by atoms with E-state index in [-0.39, 0.29) is 30.6 Å². The molecule has 276 valence electrons. The number of hydrogen-bond acceptors (Lipinski definition) is 7. The molecule has 1 aliphatic heterocycles. The Bertz CT molecular complexity index is 1360. The largest absolute Gasteiger partial charge is 0.454 e. The van der Waals surface area contributed by atoms with Crippen molar-refractivity contribution in [2.75, 3.05) is 27.4 Å². The van der Waals surface area contributed by atoms with Crippen LogP contribution in [0.1, 0.15) is 67.7 Å². The number of esters is 1. The van der Waals surface area contributed by atoms with Gasteiger partial charge in [-0.25, -0.2) is 4.79 Å². The number of carbonyl (C=O) groups excluding carboxylic acids is 3. The molecule has 0 saturated heterocycles. The molecule has 3 N–H and O–H groups in total. The van der Waals surface area contributed by atoms with E-state index in [9.17, 15) is 19.5 Å². The molecule has 2 amide bonds. The quantitative estimate of drug-likeness (QED) is 0.135. The van der Waals surface area contributed by atoms with Crippen molar-refractivity contribution in [1.82, 2.24) is 10.6 Å². The predicted molar refractivity (Wildman–Crippen MR) is 202 cm³/mol. The second kappa shape index (κ2) is 25.0. The minimum Gasteiger partial charge on any atom is -0.454 e. The molecule has 9 heteroatoms. The zero-order valence-corrected chi connectivity index (χ0v) is 31.5. The van der Waals surface area contributed by atoms with E-state index >= 15 is 0 Å². The molecule has 0 aromatic heterocycles. The Balaban J connectivity index is 3.39. The van der Waals surface area contributed by atoms with Gasteiger partial charge >= 0.3 is 5.97 Å². The number of carbonyl (C=O) groups is 3. The number of hydrogen-bond donors (Lipinski definition) is 3. The van der Waals surface area contributed by atoms with Crippen LogP contribution in [0, 0.1) is 11.8 Å². The molecule has 0 aromatic carbocycles. The molecule has 0 bridgehead atoms. The minimum absolute atomic E-state index is 0.00986. The van der Waals surface area contributed by atoms with E-state index < -0.39 is 30.6 Å². The van der Waals surface area contributed by atoms with Gasteiger partial charge in [-0.15, -0.1) is 0 Å². The highest BCUT2D eigenvalue weighted by molar-refractivity contribution is 5.88. The van der Waals surface area contributed by atoms with E-state index in [0.717, 1.165) is 36.0 Å². The summed E-state index contributed by atoms with van der Waals surface area (Å²) in [7, 11) is 3.42. The fraction of sp³-hybridized carbons (Fsp3) is 0.488. The molecule has 0 aromatic rings. The maximum absolute atomic E-state index is 13.4. The van der Waals surface area contributed by atoms with Crippen LogP contribution in [0.4, 0.5) is 0 Å². The van der Waals surface area contributed by atoms with Gasteiger partial charge in [0.1, 0.15) is 12.1 Å². The molecule has 0 radical (unpaired) electrons. The van der Waals surface area contributed by atoms with Crippen molar-refractivity contribution in [3.05, 3.63) is 107 Å². The third kappa shape index (κ3) is 18.1. The van der Waals surface area contributed by atoms with Crippen LogP contribution in [-0.2, 0) is 28.6 Å². The summed E-state index contributed by atoms with van der Waals surface area (Å²) < 4.78 is 17.5. The van der Waals surface area contributed by atoms with Crippen LogP contribution in [0.5, 0.6) is 0 Å². The maximum atomic E-state index is 13.4. The zero-order chi connectivity index (χ0) is 37.5. The first-order valence-electron chi connectivity index (χ1n) is 17.3. The van der Waals surface area contributed by atoms with E-state index in [1.807, 2.05) is 89.3 Å². The monoisotopic (exact) mass is 692 g/mol. The number of aliphatic hydroxyl groups excluding tert-OH is 1. The van der Waals surface area contributed by atoms with Crippen molar-refractivity contribution in [3.63, 3.8) is 0 Å². The topological polar surface area (TPSA) is 123 Å². The normalized spacial score (nSPS) is 30.3. The number of ether oxygens (including phenoxy) is 3.